The van der Waals surface area contributed by atoms with E-state index >= 15 is 0 Å². The first kappa shape index (κ1) is 26.2. The molecule has 3 aliphatic rings. The maximum atomic E-state index is 13.7. The number of halogens is 2. The van der Waals surface area contributed by atoms with E-state index in [9.17, 15) is 14.3 Å². The van der Waals surface area contributed by atoms with E-state index in [1.54, 1.807) is 6.07 Å². The summed E-state index contributed by atoms with van der Waals surface area (Å²) < 4.78 is 25.0. The van der Waals surface area contributed by atoms with Crippen LogP contribution in [0.25, 0.3) is 10.8 Å². The molecule has 0 radical (unpaired) electrons. The van der Waals surface area contributed by atoms with Crippen molar-refractivity contribution in [1.82, 2.24) is 10.2 Å². The van der Waals surface area contributed by atoms with E-state index in [1.807, 2.05) is 30.3 Å². The molecule has 3 aliphatic heterocycles. The van der Waals surface area contributed by atoms with E-state index in [0.717, 1.165) is 42.4 Å². The molecule has 206 valence electrons. The van der Waals surface area contributed by atoms with Gasteiger partial charge >= 0.3 is 0 Å². The summed E-state index contributed by atoms with van der Waals surface area (Å²) in [4.78, 5) is 17.9. The molecule has 0 aliphatic carbocycles. The molecule has 3 atom stereocenters. The van der Waals surface area contributed by atoms with Crippen LogP contribution in [0.3, 0.4) is 0 Å². The van der Waals surface area contributed by atoms with Crippen molar-refractivity contribution in [1.29, 1.82) is 0 Å². The first-order valence-corrected chi connectivity index (χ1v) is 14.1. The Labute approximate surface area is 232 Å². The molecule has 9 heteroatoms. The molecule has 6 rings (SSSR count). The first-order valence-electron chi connectivity index (χ1n) is 13.7. The van der Waals surface area contributed by atoms with Gasteiger partial charge in [-0.25, -0.2) is 4.39 Å². The van der Waals surface area contributed by atoms with Crippen molar-refractivity contribution in [3.05, 3.63) is 64.9 Å². The summed E-state index contributed by atoms with van der Waals surface area (Å²) in [7, 11) is 0. The molecule has 1 amide bonds. The molecule has 0 unspecified atom stereocenters. The lowest BCUT2D eigenvalue weighted by atomic mass is 9.99. The van der Waals surface area contributed by atoms with Gasteiger partial charge in [0.25, 0.3) is 0 Å². The zero-order valence-corrected chi connectivity index (χ0v) is 22.5. The van der Waals surface area contributed by atoms with Gasteiger partial charge in [0.05, 0.1) is 22.7 Å². The predicted octanol–water partition coefficient (Wildman–Crippen LogP) is 4.54. The van der Waals surface area contributed by atoms with Crippen molar-refractivity contribution in [2.75, 3.05) is 50.8 Å². The third kappa shape index (κ3) is 5.51. The monoisotopic (exact) mass is 553 g/mol. The van der Waals surface area contributed by atoms with E-state index in [1.165, 1.54) is 12.1 Å². The van der Waals surface area contributed by atoms with Gasteiger partial charge in [0.1, 0.15) is 25.1 Å². The Morgan fingerprint density at radius 2 is 1.85 bits per heavy atom. The van der Waals surface area contributed by atoms with Gasteiger partial charge in [-0.05, 0) is 79.7 Å². The van der Waals surface area contributed by atoms with Gasteiger partial charge in [-0.15, -0.1) is 0 Å². The maximum Gasteiger partial charge on any atom is 0.225 e. The average molecular weight is 554 g/mol. The van der Waals surface area contributed by atoms with Gasteiger partial charge in [-0.1, -0.05) is 23.7 Å². The summed E-state index contributed by atoms with van der Waals surface area (Å²) in [5.74, 6) is 0.674. The number of likely N-dealkylation sites (tertiary alicyclic amines) is 1. The number of hydrogen-bond acceptors (Lipinski definition) is 6. The van der Waals surface area contributed by atoms with Crippen LogP contribution in [-0.4, -0.2) is 67.9 Å². The van der Waals surface area contributed by atoms with Crippen LogP contribution in [0, 0.1) is 11.7 Å². The van der Waals surface area contributed by atoms with Crippen molar-refractivity contribution in [2.45, 2.75) is 31.4 Å². The second kappa shape index (κ2) is 11.2. The molecule has 2 N–H and O–H groups in total. The average Bonchev–Trinajstić information content (AvgIpc) is 3.65. The fourth-order valence-corrected chi connectivity index (χ4v) is 6.29. The van der Waals surface area contributed by atoms with Gasteiger partial charge in [-0.2, -0.15) is 0 Å². The minimum absolute atomic E-state index is 0.0720. The van der Waals surface area contributed by atoms with Crippen LogP contribution in [0.1, 0.15) is 30.9 Å². The summed E-state index contributed by atoms with van der Waals surface area (Å²) in [6.07, 6.45) is 2.04. The Hall–Kier alpha value is -3.07. The standard InChI is InChI=1S/C30H33ClFN3O4/c31-28-23-6-5-22(32)15-19(23)3-7-25(28)35-12-9-21(17-35)30(37)33-24(18-34-10-1-2-11-34)29(36)20-4-8-26-27(16-20)39-14-13-38-26/h3-8,15-16,21,24,29,36H,1-2,9-14,17-18H2,(H,33,37)/t21-,24-,29-/m1/s1. The van der Waals surface area contributed by atoms with Gasteiger partial charge < -0.3 is 29.7 Å². The van der Waals surface area contributed by atoms with E-state index in [0.29, 0.717) is 61.4 Å². The first-order chi connectivity index (χ1) is 19.0. The Morgan fingerprint density at radius 3 is 2.67 bits per heavy atom. The molecule has 0 spiro atoms. The lowest BCUT2D eigenvalue weighted by Gasteiger charge is -2.30. The molecule has 0 saturated carbocycles. The largest absolute Gasteiger partial charge is 0.486 e. The van der Waals surface area contributed by atoms with Crippen LogP contribution in [0.5, 0.6) is 11.5 Å². The van der Waals surface area contributed by atoms with E-state index < -0.39 is 12.1 Å². The van der Waals surface area contributed by atoms with Crippen LogP contribution in [-0.2, 0) is 4.79 Å². The number of anilines is 1. The number of benzene rings is 3. The second-order valence-electron chi connectivity index (χ2n) is 10.7. The molecule has 7 nitrogen and oxygen atoms in total. The van der Waals surface area contributed by atoms with Crippen molar-refractivity contribution < 1.29 is 23.8 Å². The lowest BCUT2D eigenvalue weighted by Crippen LogP contribution is -2.48. The van der Waals surface area contributed by atoms with Crippen LogP contribution in [0.2, 0.25) is 5.02 Å². The summed E-state index contributed by atoms with van der Waals surface area (Å²) in [6, 6.07) is 13.3. The van der Waals surface area contributed by atoms with E-state index in [4.69, 9.17) is 21.1 Å². The molecule has 2 saturated heterocycles. The highest BCUT2D eigenvalue weighted by molar-refractivity contribution is 6.38. The summed E-state index contributed by atoms with van der Waals surface area (Å²) in [5, 5.41) is 16.7. The third-order valence-electron chi connectivity index (χ3n) is 8.07. The van der Waals surface area contributed by atoms with Crippen LogP contribution in [0.15, 0.2) is 48.5 Å². The molecular weight excluding hydrogens is 521 g/mol. The van der Waals surface area contributed by atoms with Crippen molar-refractivity contribution >= 4 is 34.0 Å². The van der Waals surface area contributed by atoms with Crippen LogP contribution >= 0.6 is 11.6 Å². The molecule has 0 aromatic heterocycles. The summed E-state index contributed by atoms with van der Waals surface area (Å²) in [6.45, 7) is 4.68. The topological polar surface area (TPSA) is 74.3 Å². The minimum atomic E-state index is -0.891. The number of ether oxygens (including phenoxy) is 2. The quantitative estimate of drug-likeness (QED) is 0.447. The van der Waals surface area contributed by atoms with Gasteiger partial charge in [0.2, 0.25) is 5.91 Å². The zero-order chi connectivity index (χ0) is 26.9. The van der Waals surface area contributed by atoms with Gasteiger partial charge in [-0.3, -0.25) is 4.79 Å². The molecule has 3 aromatic rings. The summed E-state index contributed by atoms with van der Waals surface area (Å²) in [5.41, 5.74) is 1.53. The number of nitrogens with zero attached hydrogens (tertiary/aromatic N) is 2. The number of aliphatic hydroxyl groups is 1. The Bertz CT molecular complexity index is 1370. The smallest absolute Gasteiger partial charge is 0.225 e. The number of carbonyl (C=O) groups is 1. The predicted molar refractivity (Wildman–Crippen MR) is 149 cm³/mol. The Morgan fingerprint density at radius 1 is 1.05 bits per heavy atom. The van der Waals surface area contributed by atoms with Crippen molar-refractivity contribution in [2.24, 2.45) is 5.92 Å². The molecular formula is C30H33ClFN3O4. The molecule has 0 bridgehead atoms. The van der Waals surface area contributed by atoms with Gasteiger partial charge in [0, 0.05) is 25.0 Å². The SMILES string of the molecule is O=C(N[C@H](CN1CCCC1)[C@H](O)c1ccc2c(c1)OCCO2)[C@@H]1CCN(c2ccc3cc(F)ccc3c2Cl)C1. The molecule has 3 aromatic carbocycles. The Kier molecular flexibility index (Phi) is 7.51. The number of aliphatic hydroxyl groups excluding tert-OH is 1. The maximum absolute atomic E-state index is 13.7. The molecule has 2 fully saturated rings. The van der Waals surface area contributed by atoms with Crippen LogP contribution < -0.4 is 19.7 Å². The zero-order valence-electron chi connectivity index (χ0n) is 21.7. The number of hydrogen-bond donors (Lipinski definition) is 2. The van der Waals surface area contributed by atoms with E-state index in [2.05, 4.69) is 15.1 Å². The second-order valence-corrected chi connectivity index (χ2v) is 11.0. The van der Waals surface area contributed by atoms with Crippen molar-refractivity contribution in [3.63, 3.8) is 0 Å². The minimum Gasteiger partial charge on any atom is -0.486 e. The highest BCUT2D eigenvalue weighted by Crippen LogP contribution is 2.37. The number of carbonyl (C=O) groups excluding carboxylic acids is 1. The fourth-order valence-electron chi connectivity index (χ4n) is 5.93. The highest BCUT2D eigenvalue weighted by Gasteiger charge is 2.34. The Balaban J connectivity index is 1.17. The third-order valence-corrected chi connectivity index (χ3v) is 8.46. The van der Waals surface area contributed by atoms with Crippen LogP contribution in [0.4, 0.5) is 10.1 Å². The van der Waals surface area contributed by atoms with Crippen molar-refractivity contribution in [3.8, 4) is 11.5 Å². The molecule has 3 heterocycles. The highest BCUT2D eigenvalue weighted by atomic mass is 35.5. The normalized spacial score (nSPS) is 20.8. The molecule has 39 heavy (non-hydrogen) atoms. The number of nitrogens with one attached hydrogen (secondary N) is 1. The van der Waals surface area contributed by atoms with E-state index in [-0.39, 0.29) is 17.6 Å². The number of fused-ring (bicyclic) bond motifs is 2. The number of amides is 1. The lowest BCUT2D eigenvalue weighted by molar-refractivity contribution is -0.126. The number of rotatable bonds is 7. The summed E-state index contributed by atoms with van der Waals surface area (Å²) >= 11 is 6.72. The fraction of sp³-hybridized carbons (Fsp3) is 0.433. The van der Waals surface area contributed by atoms with Gasteiger partial charge in [0.15, 0.2) is 11.5 Å².